The van der Waals surface area contributed by atoms with Gasteiger partial charge in [-0.3, -0.25) is 0 Å². The third-order valence-electron chi connectivity index (χ3n) is 2.62. The lowest BCUT2D eigenvalue weighted by molar-refractivity contribution is 0.281. The first-order valence-electron chi connectivity index (χ1n) is 5.37. The molecule has 0 aromatic heterocycles. The Balaban J connectivity index is 2.88. The summed E-state index contributed by atoms with van der Waals surface area (Å²) in [5.41, 5.74) is 1.96. The summed E-state index contributed by atoms with van der Waals surface area (Å²) in [6.07, 6.45) is 2.18. The van der Waals surface area contributed by atoms with Gasteiger partial charge in [0.1, 0.15) is 0 Å². The number of benzene rings is 1. The van der Waals surface area contributed by atoms with Crippen LogP contribution in [-0.4, -0.2) is 11.1 Å². The maximum Gasteiger partial charge on any atom is 0.0713 e. The van der Waals surface area contributed by atoms with E-state index in [1.165, 1.54) is 0 Å². The topological polar surface area (TPSA) is 32.3 Å². The summed E-state index contributed by atoms with van der Waals surface area (Å²) in [5.74, 6) is 0. The Hall–Kier alpha value is -0.540. The van der Waals surface area contributed by atoms with Crippen LogP contribution in [0.3, 0.4) is 0 Å². The molecular weight excluding hydrogens is 254 g/mol. The highest BCUT2D eigenvalue weighted by molar-refractivity contribution is 9.10. The highest BCUT2D eigenvalue weighted by atomic mass is 79.9. The summed E-state index contributed by atoms with van der Waals surface area (Å²) >= 11 is 3.44. The van der Waals surface area contributed by atoms with Gasteiger partial charge in [0.2, 0.25) is 0 Å². The second-order valence-electron chi connectivity index (χ2n) is 3.58. The predicted molar refractivity (Wildman–Crippen MR) is 68.1 cm³/mol. The van der Waals surface area contributed by atoms with Crippen molar-refractivity contribution >= 4 is 21.6 Å². The third-order valence-corrected chi connectivity index (χ3v) is 3.37. The van der Waals surface area contributed by atoms with E-state index >= 15 is 0 Å². The molecule has 0 heterocycles. The van der Waals surface area contributed by atoms with Crippen LogP contribution in [0.2, 0.25) is 0 Å². The molecule has 0 bridgehead atoms. The summed E-state index contributed by atoms with van der Waals surface area (Å²) in [6.45, 7) is 4.39. The predicted octanol–water partition coefficient (Wildman–Crippen LogP) is 3.54. The fraction of sp³-hybridized carbons (Fsp3) is 0.500. The van der Waals surface area contributed by atoms with Gasteiger partial charge in [-0.2, -0.15) is 0 Å². The smallest absolute Gasteiger partial charge is 0.0713 e. The van der Waals surface area contributed by atoms with Crippen molar-refractivity contribution in [3.63, 3.8) is 0 Å². The molecule has 0 unspecified atom stereocenters. The Morgan fingerprint density at radius 3 is 2.53 bits per heavy atom. The lowest BCUT2D eigenvalue weighted by Gasteiger charge is -2.19. The summed E-state index contributed by atoms with van der Waals surface area (Å²) in [5, 5.41) is 12.7. The quantitative estimate of drug-likeness (QED) is 0.859. The maximum atomic E-state index is 9.29. The third kappa shape index (κ3) is 3.21. The van der Waals surface area contributed by atoms with E-state index in [4.69, 9.17) is 0 Å². The van der Waals surface area contributed by atoms with Gasteiger partial charge in [0, 0.05) is 21.8 Å². The van der Waals surface area contributed by atoms with Gasteiger partial charge in [0.05, 0.1) is 6.61 Å². The maximum absolute atomic E-state index is 9.29. The molecule has 0 spiro atoms. The van der Waals surface area contributed by atoms with Gasteiger partial charge in [0.15, 0.2) is 0 Å². The zero-order valence-corrected chi connectivity index (χ0v) is 10.8. The van der Waals surface area contributed by atoms with E-state index in [9.17, 15) is 5.11 Å². The first-order chi connectivity index (χ1) is 7.22. The van der Waals surface area contributed by atoms with Gasteiger partial charge in [-0.1, -0.05) is 35.8 Å². The van der Waals surface area contributed by atoms with E-state index in [2.05, 4.69) is 35.1 Å². The minimum atomic E-state index is 0.0594. The summed E-state index contributed by atoms with van der Waals surface area (Å²) < 4.78 is 0.959. The fourth-order valence-corrected chi connectivity index (χ4v) is 2.06. The van der Waals surface area contributed by atoms with Gasteiger partial charge in [-0.25, -0.2) is 0 Å². The van der Waals surface area contributed by atoms with Crippen LogP contribution in [0.15, 0.2) is 22.7 Å². The Morgan fingerprint density at radius 2 is 2.00 bits per heavy atom. The Morgan fingerprint density at radius 1 is 1.33 bits per heavy atom. The first kappa shape index (κ1) is 12.5. The molecule has 1 rings (SSSR count). The van der Waals surface area contributed by atoms with Crippen LogP contribution in [-0.2, 0) is 6.61 Å². The van der Waals surface area contributed by atoms with Crippen molar-refractivity contribution in [2.45, 2.75) is 39.3 Å². The van der Waals surface area contributed by atoms with Crippen LogP contribution in [0, 0.1) is 0 Å². The van der Waals surface area contributed by atoms with Crippen LogP contribution in [0.5, 0.6) is 0 Å². The van der Waals surface area contributed by atoms with Crippen LogP contribution in [0.4, 0.5) is 5.69 Å². The minimum absolute atomic E-state index is 0.0594. The number of hydrogen-bond acceptors (Lipinski definition) is 2. The number of aliphatic hydroxyl groups excluding tert-OH is 1. The second-order valence-corrected chi connectivity index (χ2v) is 4.44. The van der Waals surface area contributed by atoms with Crippen molar-refractivity contribution in [3.05, 3.63) is 28.2 Å². The van der Waals surface area contributed by atoms with Crippen LogP contribution in [0.1, 0.15) is 32.3 Å². The monoisotopic (exact) mass is 271 g/mol. The van der Waals surface area contributed by atoms with Gasteiger partial charge in [-0.05, 0) is 25.0 Å². The summed E-state index contributed by atoms with van der Waals surface area (Å²) in [4.78, 5) is 0. The van der Waals surface area contributed by atoms with Crippen molar-refractivity contribution in [3.8, 4) is 0 Å². The van der Waals surface area contributed by atoms with E-state index in [1.807, 2.05) is 18.2 Å². The van der Waals surface area contributed by atoms with Crippen LogP contribution < -0.4 is 5.32 Å². The minimum Gasteiger partial charge on any atom is -0.392 e. The molecule has 0 fully saturated rings. The molecule has 0 amide bonds. The van der Waals surface area contributed by atoms with Crippen molar-refractivity contribution in [1.82, 2.24) is 0 Å². The van der Waals surface area contributed by atoms with Crippen LogP contribution in [0.25, 0.3) is 0 Å². The molecule has 15 heavy (non-hydrogen) atoms. The van der Waals surface area contributed by atoms with E-state index in [0.29, 0.717) is 6.04 Å². The molecule has 2 nitrogen and oxygen atoms in total. The van der Waals surface area contributed by atoms with Crippen LogP contribution >= 0.6 is 15.9 Å². The van der Waals surface area contributed by atoms with Gasteiger partial charge in [0.25, 0.3) is 0 Å². The molecule has 0 aliphatic rings. The van der Waals surface area contributed by atoms with Gasteiger partial charge < -0.3 is 10.4 Å². The van der Waals surface area contributed by atoms with Gasteiger partial charge >= 0.3 is 0 Å². The number of anilines is 1. The normalized spacial score (nSPS) is 10.7. The summed E-state index contributed by atoms with van der Waals surface area (Å²) in [7, 11) is 0. The van der Waals surface area contributed by atoms with E-state index < -0.39 is 0 Å². The molecule has 1 aromatic carbocycles. The molecular formula is C12H18BrNO. The van der Waals surface area contributed by atoms with E-state index in [1.54, 1.807) is 0 Å². The zero-order valence-electron chi connectivity index (χ0n) is 9.26. The Kier molecular flexibility index (Phi) is 5.12. The summed E-state index contributed by atoms with van der Waals surface area (Å²) in [6, 6.07) is 6.41. The van der Waals surface area contributed by atoms with Crippen molar-refractivity contribution in [2.24, 2.45) is 0 Å². The highest BCUT2D eigenvalue weighted by Crippen LogP contribution is 2.25. The average Bonchev–Trinajstić information content (AvgIpc) is 2.26. The standard InChI is InChI=1S/C12H18BrNO/c1-3-9(4-2)14-12-7-5-6-11(13)10(12)8-15/h5-7,9,14-15H,3-4,8H2,1-2H3. The molecule has 0 saturated heterocycles. The highest BCUT2D eigenvalue weighted by Gasteiger charge is 2.08. The largest absolute Gasteiger partial charge is 0.392 e. The number of nitrogens with one attached hydrogen (secondary N) is 1. The molecule has 2 N–H and O–H groups in total. The molecule has 0 aliphatic carbocycles. The Labute approximate surface area is 99.8 Å². The number of rotatable bonds is 5. The number of aliphatic hydroxyl groups is 1. The SMILES string of the molecule is CCC(CC)Nc1cccc(Br)c1CO. The lowest BCUT2D eigenvalue weighted by atomic mass is 10.1. The molecule has 1 aromatic rings. The van der Waals surface area contributed by atoms with Crippen molar-refractivity contribution < 1.29 is 5.11 Å². The molecule has 3 heteroatoms. The second kappa shape index (κ2) is 6.13. The first-order valence-corrected chi connectivity index (χ1v) is 6.17. The van der Waals surface area contributed by atoms with E-state index in [-0.39, 0.29) is 6.61 Å². The molecule has 0 radical (unpaired) electrons. The molecule has 0 aliphatic heterocycles. The average molecular weight is 272 g/mol. The van der Waals surface area contributed by atoms with Crippen molar-refractivity contribution in [2.75, 3.05) is 5.32 Å². The Bertz CT molecular complexity index is 310. The lowest BCUT2D eigenvalue weighted by Crippen LogP contribution is -2.18. The zero-order chi connectivity index (χ0) is 11.3. The van der Waals surface area contributed by atoms with Gasteiger partial charge in [-0.15, -0.1) is 0 Å². The molecule has 0 atom stereocenters. The fourth-order valence-electron chi connectivity index (χ4n) is 1.57. The van der Waals surface area contributed by atoms with E-state index in [0.717, 1.165) is 28.6 Å². The molecule has 0 saturated carbocycles. The number of halogens is 1. The number of hydrogen-bond donors (Lipinski definition) is 2. The molecule has 84 valence electrons. The van der Waals surface area contributed by atoms with Crippen molar-refractivity contribution in [1.29, 1.82) is 0 Å².